The van der Waals surface area contributed by atoms with Gasteiger partial charge >= 0.3 is 0 Å². The number of rotatable bonds is 3. The average Bonchev–Trinajstić information content (AvgIpc) is 3.40. The monoisotopic (exact) mass is 464 g/mol. The highest BCUT2D eigenvalue weighted by Gasteiger charge is 2.48. The molecule has 0 unspecified atom stereocenters. The maximum absolute atomic E-state index is 13.3. The molecule has 0 aromatic heterocycles. The summed E-state index contributed by atoms with van der Waals surface area (Å²) in [5, 5.41) is 0. The highest BCUT2D eigenvalue weighted by molar-refractivity contribution is 8.00. The van der Waals surface area contributed by atoms with Gasteiger partial charge in [-0.25, -0.2) is 12.8 Å². The van der Waals surface area contributed by atoms with E-state index in [0.29, 0.717) is 49.5 Å². The number of carbonyl (C=O) groups excluding carboxylic acids is 1. The maximum atomic E-state index is 13.3. The van der Waals surface area contributed by atoms with Crippen LogP contribution in [0.25, 0.3) is 0 Å². The predicted octanol–water partition coefficient (Wildman–Crippen LogP) is 2.92. The van der Waals surface area contributed by atoms with Crippen LogP contribution in [0, 0.1) is 5.82 Å². The minimum Gasteiger partial charge on any atom is -0.454 e. The van der Waals surface area contributed by atoms with E-state index in [9.17, 15) is 17.6 Å². The molecule has 0 radical (unpaired) electrons. The lowest BCUT2D eigenvalue weighted by molar-refractivity contribution is 0.0605. The second kappa shape index (κ2) is 7.68. The minimum atomic E-state index is -3.70. The normalized spacial score (nSPS) is 20.4. The van der Waals surface area contributed by atoms with E-state index in [1.165, 1.54) is 16.4 Å². The molecule has 5 rings (SSSR count). The Morgan fingerprint density at radius 3 is 2.45 bits per heavy atom. The first-order chi connectivity index (χ1) is 14.9. The van der Waals surface area contributed by atoms with Crippen LogP contribution in [0.1, 0.15) is 23.2 Å². The molecule has 7 nitrogen and oxygen atoms in total. The average molecular weight is 465 g/mol. The number of piperidine rings is 1. The Balaban J connectivity index is 1.33. The zero-order chi connectivity index (χ0) is 21.6. The van der Waals surface area contributed by atoms with Crippen molar-refractivity contribution in [2.45, 2.75) is 22.6 Å². The highest BCUT2D eigenvalue weighted by Crippen LogP contribution is 2.45. The van der Waals surface area contributed by atoms with E-state index in [4.69, 9.17) is 9.47 Å². The number of sulfonamides is 1. The van der Waals surface area contributed by atoms with Crippen molar-refractivity contribution in [2.24, 2.45) is 0 Å². The van der Waals surface area contributed by atoms with Gasteiger partial charge in [0.25, 0.3) is 5.91 Å². The number of nitrogens with zero attached hydrogens (tertiary/aromatic N) is 2. The molecule has 2 aromatic rings. The number of hydrogen-bond donors (Lipinski definition) is 0. The van der Waals surface area contributed by atoms with Gasteiger partial charge in [-0.1, -0.05) is 0 Å². The number of amides is 1. The van der Waals surface area contributed by atoms with Crippen LogP contribution in [0.15, 0.2) is 47.4 Å². The van der Waals surface area contributed by atoms with Gasteiger partial charge < -0.3 is 14.4 Å². The molecule has 3 aliphatic rings. The number of halogens is 1. The van der Waals surface area contributed by atoms with Gasteiger partial charge in [-0.3, -0.25) is 4.79 Å². The van der Waals surface area contributed by atoms with Gasteiger partial charge in [0.1, 0.15) is 5.82 Å². The van der Waals surface area contributed by atoms with Crippen molar-refractivity contribution in [3.05, 3.63) is 53.8 Å². The van der Waals surface area contributed by atoms with E-state index in [1.807, 2.05) is 4.90 Å². The largest absolute Gasteiger partial charge is 0.454 e. The van der Waals surface area contributed by atoms with Crippen molar-refractivity contribution >= 4 is 27.7 Å². The van der Waals surface area contributed by atoms with Gasteiger partial charge in [-0.15, -0.1) is 11.8 Å². The van der Waals surface area contributed by atoms with Crippen molar-refractivity contribution in [2.75, 3.05) is 32.2 Å². The van der Waals surface area contributed by atoms with Gasteiger partial charge in [0.2, 0.25) is 16.8 Å². The zero-order valence-electron chi connectivity index (χ0n) is 16.6. The maximum Gasteiger partial charge on any atom is 0.255 e. The van der Waals surface area contributed by atoms with E-state index in [0.717, 1.165) is 17.9 Å². The van der Waals surface area contributed by atoms with Gasteiger partial charge in [-0.2, -0.15) is 4.31 Å². The summed E-state index contributed by atoms with van der Waals surface area (Å²) in [4.78, 5) is 14.8. The van der Waals surface area contributed by atoms with Crippen LogP contribution in [-0.4, -0.2) is 60.6 Å². The summed E-state index contributed by atoms with van der Waals surface area (Å²) in [5.41, 5.74) is 0.535. The number of carbonyl (C=O) groups is 1. The number of fused-ring (bicyclic) bond motifs is 1. The van der Waals surface area contributed by atoms with Crippen LogP contribution in [-0.2, 0) is 10.0 Å². The van der Waals surface area contributed by atoms with Gasteiger partial charge in [-0.05, 0) is 55.3 Å². The fraction of sp³-hybridized carbons (Fsp3) is 0.381. The lowest BCUT2D eigenvalue weighted by Crippen LogP contribution is -2.53. The standard InChI is InChI=1S/C21H21FN2O5S2/c22-16-2-4-17(5-3-16)31(26,27)23-9-7-21(8-10-23)24(11-12-30-21)20(25)15-1-6-18-19(13-15)29-14-28-18/h1-6,13H,7-12,14H2. The lowest BCUT2D eigenvalue weighted by Gasteiger charge is -2.43. The molecule has 0 atom stereocenters. The number of benzene rings is 2. The molecule has 0 bridgehead atoms. The van der Waals surface area contributed by atoms with Crippen molar-refractivity contribution in [3.8, 4) is 11.5 Å². The van der Waals surface area contributed by atoms with Crippen LogP contribution in [0.2, 0.25) is 0 Å². The second-order valence-electron chi connectivity index (χ2n) is 7.68. The van der Waals surface area contributed by atoms with Crippen LogP contribution in [0.5, 0.6) is 11.5 Å². The Labute approximate surface area is 184 Å². The summed E-state index contributed by atoms with van der Waals surface area (Å²) in [5.74, 6) is 1.43. The molecule has 10 heteroatoms. The summed E-state index contributed by atoms with van der Waals surface area (Å²) in [6, 6.07) is 10.1. The van der Waals surface area contributed by atoms with Crippen LogP contribution < -0.4 is 9.47 Å². The zero-order valence-corrected chi connectivity index (χ0v) is 18.3. The quantitative estimate of drug-likeness (QED) is 0.695. The molecule has 2 saturated heterocycles. The fourth-order valence-electron chi connectivity index (χ4n) is 4.33. The summed E-state index contributed by atoms with van der Waals surface area (Å²) >= 11 is 1.71. The molecule has 3 heterocycles. The Morgan fingerprint density at radius 1 is 1.00 bits per heavy atom. The SMILES string of the molecule is O=C(c1ccc2c(c1)OCO2)N1CCSC12CCN(S(=O)(=O)c1ccc(F)cc1)CC2. The van der Waals surface area contributed by atoms with E-state index in [1.54, 1.807) is 30.0 Å². The first-order valence-electron chi connectivity index (χ1n) is 10.0. The molecule has 3 aliphatic heterocycles. The smallest absolute Gasteiger partial charge is 0.255 e. The summed E-state index contributed by atoms with van der Waals surface area (Å²) in [6.07, 6.45) is 1.07. The molecule has 0 saturated carbocycles. The van der Waals surface area contributed by atoms with E-state index < -0.39 is 20.7 Å². The molecule has 1 spiro atoms. The number of ether oxygens (including phenoxy) is 2. The highest BCUT2D eigenvalue weighted by atomic mass is 32.2. The van der Waals surface area contributed by atoms with Crippen molar-refractivity contribution < 1.29 is 27.1 Å². The first kappa shape index (κ1) is 20.6. The van der Waals surface area contributed by atoms with Crippen molar-refractivity contribution in [1.29, 1.82) is 0 Å². The predicted molar refractivity (Wildman–Crippen MR) is 113 cm³/mol. The minimum absolute atomic E-state index is 0.0808. The van der Waals surface area contributed by atoms with Crippen molar-refractivity contribution in [3.63, 3.8) is 0 Å². The third-order valence-electron chi connectivity index (χ3n) is 6.00. The topological polar surface area (TPSA) is 76.2 Å². The molecule has 2 aromatic carbocycles. The molecular formula is C21H21FN2O5S2. The summed E-state index contributed by atoms with van der Waals surface area (Å²) < 4.78 is 51.2. The summed E-state index contributed by atoms with van der Waals surface area (Å²) in [7, 11) is -3.70. The number of hydrogen-bond acceptors (Lipinski definition) is 6. The molecule has 31 heavy (non-hydrogen) atoms. The molecule has 1 amide bonds. The van der Waals surface area contributed by atoms with Crippen LogP contribution in [0.3, 0.4) is 0 Å². The van der Waals surface area contributed by atoms with Gasteiger partial charge in [0.05, 0.1) is 9.77 Å². The van der Waals surface area contributed by atoms with Crippen LogP contribution in [0.4, 0.5) is 4.39 Å². The first-order valence-corrected chi connectivity index (χ1v) is 12.4. The van der Waals surface area contributed by atoms with Gasteiger partial charge in [0, 0.05) is 31.0 Å². The molecule has 164 valence electrons. The third-order valence-corrected chi connectivity index (χ3v) is 9.46. The number of thioether (sulfide) groups is 1. The molecule has 2 fully saturated rings. The van der Waals surface area contributed by atoms with E-state index in [2.05, 4.69) is 0 Å². The molecular weight excluding hydrogens is 443 g/mol. The Hall–Kier alpha value is -2.30. The fourth-order valence-corrected chi connectivity index (χ4v) is 7.22. The summed E-state index contributed by atoms with van der Waals surface area (Å²) in [6.45, 7) is 1.37. The molecule has 0 N–H and O–H groups in total. The third kappa shape index (κ3) is 3.56. The second-order valence-corrected chi connectivity index (χ2v) is 11.1. The van der Waals surface area contributed by atoms with Crippen molar-refractivity contribution in [1.82, 2.24) is 9.21 Å². The Morgan fingerprint density at radius 2 is 1.71 bits per heavy atom. The lowest BCUT2D eigenvalue weighted by atomic mass is 10.0. The Kier molecular flexibility index (Phi) is 5.10. The molecule has 0 aliphatic carbocycles. The van der Waals surface area contributed by atoms with E-state index in [-0.39, 0.29) is 17.6 Å². The Bertz CT molecular complexity index is 1120. The van der Waals surface area contributed by atoms with E-state index >= 15 is 0 Å². The van der Waals surface area contributed by atoms with Gasteiger partial charge in [0.15, 0.2) is 11.5 Å². The van der Waals surface area contributed by atoms with Crippen LogP contribution >= 0.6 is 11.8 Å².